The summed E-state index contributed by atoms with van der Waals surface area (Å²) in [5.74, 6) is 0. The van der Waals surface area contributed by atoms with Crippen molar-refractivity contribution in [1.82, 2.24) is 4.98 Å². The Morgan fingerprint density at radius 3 is 2.86 bits per heavy atom. The molecular weight excluding hydrogens is 110 g/mol. The van der Waals surface area contributed by atoms with Crippen LogP contribution in [-0.4, -0.2) is 4.98 Å². The molecule has 0 unspecified atom stereocenters. The van der Waals surface area contributed by atoms with E-state index in [1.54, 1.807) is 12.3 Å². The molecule has 1 rings (SSSR count). The molecule has 0 saturated heterocycles. The van der Waals surface area contributed by atoms with E-state index in [0.29, 0.717) is 5.02 Å². The van der Waals surface area contributed by atoms with E-state index in [-0.39, 0.29) is 0 Å². The van der Waals surface area contributed by atoms with Gasteiger partial charge in [-0.05, 0) is 6.07 Å². The molecule has 0 aromatic carbocycles. The highest BCUT2D eigenvalue weighted by Gasteiger charge is 1.77. The van der Waals surface area contributed by atoms with Gasteiger partial charge < -0.3 is 0 Å². The molecule has 0 saturated carbocycles. The number of rotatable bonds is 0. The Kier molecular flexibility index (Phi) is 1.27. The van der Waals surface area contributed by atoms with Gasteiger partial charge in [-0.25, -0.2) is 0 Å². The molecule has 1 heterocycles. The van der Waals surface area contributed by atoms with Crippen molar-refractivity contribution in [3.05, 3.63) is 29.5 Å². The lowest BCUT2D eigenvalue weighted by Gasteiger charge is -1.78. The van der Waals surface area contributed by atoms with Crippen molar-refractivity contribution in [3.63, 3.8) is 0 Å². The first kappa shape index (κ1) is 4.60. The molecule has 0 bridgehead atoms. The highest BCUT2D eigenvalue weighted by atomic mass is 35.5. The van der Waals surface area contributed by atoms with E-state index < -0.39 is 0 Å². The number of hydrogen-bond acceptors (Lipinski definition) is 1. The van der Waals surface area contributed by atoms with Crippen LogP contribution in [0.15, 0.2) is 18.5 Å². The first-order valence-corrected chi connectivity index (χ1v) is 2.24. The maximum Gasteiger partial charge on any atom is 0.0516 e. The van der Waals surface area contributed by atoms with Crippen molar-refractivity contribution in [2.24, 2.45) is 0 Å². The number of halogens is 1. The summed E-state index contributed by atoms with van der Waals surface area (Å²) in [4.78, 5) is 3.71. The molecule has 0 spiro atoms. The second-order valence-electron chi connectivity index (χ2n) is 1.09. The Hall–Kier alpha value is -0.560. The second-order valence-corrected chi connectivity index (χ2v) is 1.49. The van der Waals surface area contributed by atoms with Crippen LogP contribution in [0.4, 0.5) is 0 Å². The zero-order chi connectivity index (χ0) is 5.11. The zero-order valence-electron chi connectivity index (χ0n) is 3.56. The second kappa shape index (κ2) is 1.94. The first-order valence-electron chi connectivity index (χ1n) is 1.87. The SMILES string of the molecule is Clc1[c]cncc1. The van der Waals surface area contributed by atoms with Gasteiger partial charge in [-0.1, -0.05) is 11.6 Å². The van der Waals surface area contributed by atoms with Crippen molar-refractivity contribution < 1.29 is 0 Å². The van der Waals surface area contributed by atoms with Crippen LogP contribution in [0.1, 0.15) is 0 Å². The largest absolute Gasteiger partial charge is 0.264 e. The lowest BCUT2D eigenvalue weighted by molar-refractivity contribution is 1.32. The maximum atomic E-state index is 5.44. The summed E-state index contributed by atoms with van der Waals surface area (Å²) in [6.07, 6.45) is 3.15. The molecule has 0 aliphatic rings. The average Bonchev–Trinajstić information content (AvgIpc) is 1.69. The van der Waals surface area contributed by atoms with Crippen molar-refractivity contribution in [1.29, 1.82) is 0 Å². The summed E-state index contributed by atoms with van der Waals surface area (Å²) in [5.41, 5.74) is 0. The Morgan fingerprint density at radius 2 is 2.57 bits per heavy atom. The van der Waals surface area contributed by atoms with Gasteiger partial charge in [-0.3, -0.25) is 4.98 Å². The van der Waals surface area contributed by atoms with Crippen LogP contribution in [0.3, 0.4) is 0 Å². The van der Waals surface area contributed by atoms with Crippen molar-refractivity contribution in [2.45, 2.75) is 0 Å². The third-order valence-electron chi connectivity index (χ3n) is 0.584. The summed E-state index contributed by atoms with van der Waals surface area (Å²) < 4.78 is 0. The molecule has 1 nitrogen and oxygen atoms in total. The van der Waals surface area contributed by atoms with Crippen molar-refractivity contribution in [2.75, 3.05) is 0 Å². The molecule has 1 aromatic rings. The van der Waals surface area contributed by atoms with Crippen LogP contribution in [-0.2, 0) is 0 Å². The predicted molar refractivity (Wildman–Crippen MR) is 28.1 cm³/mol. The Labute approximate surface area is 47.0 Å². The van der Waals surface area contributed by atoms with E-state index in [1.807, 2.05) is 0 Å². The lowest BCUT2D eigenvalue weighted by atomic mass is 10.5. The van der Waals surface area contributed by atoms with Crippen LogP contribution in [0.5, 0.6) is 0 Å². The number of hydrogen-bond donors (Lipinski definition) is 0. The quantitative estimate of drug-likeness (QED) is 0.496. The monoisotopic (exact) mass is 112 g/mol. The van der Waals surface area contributed by atoms with E-state index in [0.717, 1.165) is 0 Å². The van der Waals surface area contributed by atoms with Crippen LogP contribution >= 0.6 is 11.6 Å². The highest BCUT2D eigenvalue weighted by Crippen LogP contribution is 2.00. The zero-order valence-corrected chi connectivity index (χ0v) is 4.31. The summed E-state index contributed by atoms with van der Waals surface area (Å²) >= 11 is 5.44. The molecular formula is C5H3ClN. The van der Waals surface area contributed by atoms with Crippen LogP contribution in [0, 0.1) is 6.07 Å². The minimum absolute atomic E-state index is 0.606. The number of nitrogens with zero attached hydrogens (tertiary/aromatic N) is 1. The van der Waals surface area contributed by atoms with Crippen LogP contribution in [0.25, 0.3) is 0 Å². The standard InChI is InChI=1S/C5H3ClN/c6-5-1-3-7-4-2-5/h1,3-4H. The fourth-order valence-electron chi connectivity index (χ4n) is 0.299. The van der Waals surface area contributed by atoms with E-state index in [4.69, 9.17) is 11.6 Å². The van der Waals surface area contributed by atoms with Gasteiger partial charge in [0.25, 0.3) is 0 Å². The third-order valence-corrected chi connectivity index (χ3v) is 0.819. The molecule has 1 aromatic heterocycles. The first-order chi connectivity index (χ1) is 3.39. The van der Waals surface area contributed by atoms with E-state index in [2.05, 4.69) is 11.1 Å². The van der Waals surface area contributed by atoms with E-state index in [9.17, 15) is 0 Å². The average molecular weight is 113 g/mol. The van der Waals surface area contributed by atoms with Crippen molar-refractivity contribution in [3.8, 4) is 0 Å². The molecule has 0 N–H and O–H groups in total. The summed E-state index contributed by atoms with van der Waals surface area (Å²) in [6.45, 7) is 0. The van der Waals surface area contributed by atoms with Gasteiger partial charge in [0.2, 0.25) is 0 Å². The minimum atomic E-state index is 0.606. The van der Waals surface area contributed by atoms with Gasteiger partial charge >= 0.3 is 0 Å². The smallest absolute Gasteiger partial charge is 0.0516 e. The lowest BCUT2D eigenvalue weighted by Crippen LogP contribution is -1.64. The predicted octanol–water partition coefficient (Wildman–Crippen LogP) is 1.54. The Bertz CT molecular complexity index is 138. The highest BCUT2D eigenvalue weighted by molar-refractivity contribution is 6.30. The van der Waals surface area contributed by atoms with Gasteiger partial charge in [0, 0.05) is 18.5 Å². The van der Waals surface area contributed by atoms with Gasteiger partial charge in [0.05, 0.1) is 5.02 Å². The fourth-order valence-corrected chi connectivity index (χ4v) is 0.404. The van der Waals surface area contributed by atoms with Gasteiger partial charge in [0.15, 0.2) is 0 Å². The normalized spacial score (nSPS) is 8.71. The third kappa shape index (κ3) is 1.16. The van der Waals surface area contributed by atoms with Gasteiger partial charge in [-0.2, -0.15) is 0 Å². The fraction of sp³-hybridized carbons (Fsp3) is 0. The van der Waals surface area contributed by atoms with Crippen LogP contribution < -0.4 is 0 Å². The summed E-state index contributed by atoms with van der Waals surface area (Å²) in [7, 11) is 0. The van der Waals surface area contributed by atoms with Gasteiger partial charge in [0.1, 0.15) is 0 Å². The van der Waals surface area contributed by atoms with Crippen LogP contribution in [0.2, 0.25) is 5.02 Å². The Balaban J connectivity index is 3.02. The molecule has 0 aliphatic carbocycles. The van der Waals surface area contributed by atoms with E-state index >= 15 is 0 Å². The molecule has 0 fully saturated rings. The molecule has 35 valence electrons. The van der Waals surface area contributed by atoms with Gasteiger partial charge in [-0.15, -0.1) is 0 Å². The molecule has 0 amide bonds. The minimum Gasteiger partial charge on any atom is -0.264 e. The molecule has 0 aliphatic heterocycles. The number of aromatic nitrogens is 1. The molecule has 2 heteroatoms. The molecule has 7 heavy (non-hydrogen) atoms. The van der Waals surface area contributed by atoms with Crippen molar-refractivity contribution >= 4 is 11.6 Å². The Morgan fingerprint density at radius 1 is 1.71 bits per heavy atom. The molecule has 1 radical (unpaired) electrons. The summed E-state index contributed by atoms with van der Waals surface area (Å²) in [6, 6.07) is 4.37. The topological polar surface area (TPSA) is 12.9 Å². The number of pyridine rings is 1. The summed E-state index contributed by atoms with van der Waals surface area (Å²) in [5, 5.41) is 0.606. The van der Waals surface area contributed by atoms with E-state index in [1.165, 1.54) is 6.20 Å². The molecule has 0 atom stereocenters. The maximum absolute atomic E-state index is 5.44.